The molecular formula is C23H36IN5O3. The number of carbonyl (C=O) groups is 2. The van der Waals surface area contributed by atoms with Crippen molar-refractivity contribution < 1.29 is 14.3 Å². The van der Waals surface area contributed by atoms with Crippen molar-refractivity contribution in [2.75, 3.05) is 31.6 Å². The largest absolute Gasteiger partial charge is 0.444 e. The minimum absolute atomic E-state index is 0. The number of piperidine rings is 1. The first-order valence-corrected chi connectivity index (χ1v) is 11.1. The van der Waals surface area contributed by atoms with Crippen LogP contribution in [0.15, 0.2) is 29.3 Å². The molecule has 2 saturated heterocycles. The number of amides is 2. The van der Waals surface area contributed by atoms with Crippen LogP contribution in [0, 0.1) is 0 Å². The molecule has 1 aromatic carbocycles. The maximum absolute atomic E-state index is 12.1. The van der Waals surface area contributed by atoms with E-state index in [9.17, 15) is 9.59 Å². The number of nitrogens with zero attached hydrogens (tertiary/aromatic N) is 3. The second-order valence-corrected chi connectivity index (χ2v) is 9.15. The molecule has 0 bridgehead atoms. The minimum atomic E-state index is -0.503. The molecule has 9 heteroatoms. The van der Waals surface area contributed by atoms with Crippen molar-refractivity contribution in [3.63, 3.8) is 0 Å². The molecule has 0 aromatic heterocycles. The van der Waals surface area contributed by atoms with Crippen molar-refractivity contribution in [2.24, 2.45) is 4.99 Å². The van der Waals surface area contributed by atoms with Crippen LogP contribution in [0.2, 0.25) is 0 Å². The number of ether oxygens (including phenoxy) is 1. The summed E-state index contributed by atoms with van der Waals surface area (Å²) in [4.78, 5) is 32.5. The summed E-state index contributed by atoms with van der Waals surface area (Å²) in [5.41, 5.74) is 1.59. The monoisotopic (exact) mass is 557 g/mol. The van der Waals surface area contributed by atoms with Crippen molar-refractivity contribution in [3.05, 3.63) is 29.8 Å². The van der Waals surface area contributed by atoms with E-state index in [0.717, 1.165) is 49.6 Å². The van der Waals surface area contributed by atoms with Crippen LogP contribution < -0.4 is 15.5 Å². The Hall–Kier alpha value is -2.04. The zero-order valence-corrected chi connectivity index (χ0v) is 21.8. The van der Waals surface area contributed by atoms with Gasteiger partial charge in [-0.1, -0.05) is 12.1 Å². The third-order valence-corrected chi connectivity index (χ3v) is 5.44. The van der Waals surface area contributed by atoms with Gasteiger partial charge < -0.3 is 25.2 Å². The zero-order valence-electron chi connectivity index (χ0n) is 19.5. The van der Waals surface area contributed by atoms with Crippen molar-refractivity contribution in [1.29, 1.82) is 0 Å². The lowest BCUT2D eigenvalue weighted by Crippen LogP contribution is -2.44. The number of anilines is 1. The summed E-state index contributed by atoms with van der Waals surface area (Å²) >= 11 is 0. The number of benzene rings is 1. The molecule has 1 aromatic rings. The molecule has 2 amide bonds. The van der Waals surface area contributed by atoms with Gasteiger partial charge in [-0.05, 0) is 57.7 Å². The SMILES string of the molecule is CN=C(NCc1ccc(N2CCCCC2=O)cc1)N1CCC(NC(=O)OC(C)(C)C)C1.I. The summed E-state index contributed by atoms with van der Waals surface area (Å²) in [5, 5.41) is 6.34. The van der Waals surface area contributed by atoms with Crippen LogP contribution >= 0.6 is 24.0 Å². The number of hydrogen-bond acceptors (Lipinski definition) is 4. The predicted octanol–water partition coefficient (Wildman–Crippen LogP) is 3.50. The zero-order chi connectivity index (χ0) is 22.4. The lowest BCUT2D eigenvalue weighted by molar-refractivity contribution is -0.119. The summed E-state index contributed by atoms with van der Waals surface area (Å²) in [7, 11) is 1.77. The van der Waals surface area contributed by atoms with Crippen LogP contribution in [-0.4, -0.2) is 61.2 Å². The van der Waals surface area contributed by atoms with Crippen molar-refractivity contribution in [1.82, 2.24) is 15.5 Å². The molecule has 3 rings (SSSR count). The van der Waals surface area contributed by atoms with E-state index in [2.05, 4.69) is 20.5 Å². The fourth-order valence-electron chi connectivity index (χ4n) is 3.93. The van der Waals surface area contributed by atoms with Crippen molar-refractivity contribution in [2.45, 2.75) is 64.6 Å². The number of aliphatic imine (C=N–C) groups is 1. The molecule has 0 aliphatic carbocycles. The summed E-state index contributed by atoms with van der Waals surface area (Å²) in [6, 6.07) is 8.16. The van der Waals surface area contributed by atoms with Crippen LogP contribution in [0.4, 0.5) is 10.5 Å². The van der Waals surface area contributed by atoms with E-state index in [-0.39, 0.29) is 42.0 Å². The highest BCUT2D eigenvalue weighted by Gasteiger charge is 2.28. The first-order chi connectivity index (χ1) is 14.7. The second kappa shape index (κ2) is 11.7. The highest BCUT2D eigenvalue weighted by molar-refractivity contribution is 14.0. The van der Waals surface area contributed by atoms with Crippen LogP contribution in [0.1, 0.15) is 52.0 Å². The Labute approximate surface area is 208 Å². The molecule has 2 heterocycles. The molecule has 32 heavy (non-hydrogen) atoms. The maximum atomic E-state index is 12.1. The van der Waals surface area contributed by atoms with Crippen LogP contribution in [0.25, 0.3) is 0 Å². The van der Waals surface area contributed by atoms with Crippen LogP contribution in [0.5, 0.6) is 0 Å². The number of carbonyl (C=O) groups excluding carboxylic acids is 2. The van der Waals surface area contributed by atoms with Gasteiger partial charge in [-0.2, -0.15) is 0 Å². The molecule has 2 aliphatic rings. The summed E-state index contributed by atoms with van der Waals surface area (Å²) in [5.74, 6) is 1.02. The van der Waals surface area contributed by atoms with Gasteiger partial charge in [0.15, 0.2) is 5.96 Å². The first kappa shape index (κ1) is 26.2. The van der Waals surface area contributed by atoms with Crippen molar-refractivity contribution in [3.8, 4) is 0 Å². The molecule has 2 aliphatic heterocycles. The topological polar surface area (TPSA) is 86.3 Å². The average molecular weight is 557 g/mol. The summed E-state index contributed by atoms with van der Waals surface area (Å²) in [6.45, 7) is 8.52. The van der Waals surface area contributed by atoms with Crippen LogP contribution in [0.3, 0.4) is 0 Å². The van der Waals surface area contributed by atoms with Gasteiger partial charge in [0.05, 0.1) is 6.04 Å². The first-order valence-electron chi connectivity index (χ1n) is 11.1. The fraction of sp³-hybridized carbons (Fsp3) is 0.609. The fourth-order valence-corrected chi connectivity index (χ4v) is 3.93. The Morgan fingerprint density at radius 3 is 2.53 bits per heavy atom. The van der Waals surface area contributed by atoms with Crippen molar-refractivity contribution >= 4 is 47.6 Å². The van der Waals surface area contributed by atoms with E-state index in [1.54, 1.807) is 7.05 Å². The van der Waals surface area contributed by atoms with Gasteiger partial charge in [0.1, 0.15) is 5.60 Å². The molecule has 8 nitrogen and oxygen atoms in total. The van der Waals surface area contributed by atoms with Gasteiger partial charge in [-0.15, -0.1) is 24.0 Å². The van der Waals surface area contributed by atoms with E-state index in [4.69, 9.17) is 4.74 Å². The number of nitrogens with one attached hydrogen (secondary N) is 2. The normalized spacial score (nSPS) is 19.4. The molecule has 178 valence electrons. The Morgan fingerprint density at radius 2 is 1.91 bits per heavy atom. The molecule has 0 saturated carbocycles. The number of likely N-dealkylation sites (tertiary alicyclic amines) is 1. The highest BCUT2D eigenvalue weighted by Crippen LogP contribution is 2.21. The Balaban J connectivity index is 0.00000363. The summed E-state index contributed by atoms with van der Waals surface area (Å²) in [6.07, 6.45) is 3.15. The van der Waals surface area contributed by atoms with E-state index in [1.165, 1.54) is 0 Å². The highest BCUT2D eigenvalue weighted by atomic mass is 127. The number of alkyl carbamates (subject to hydrolysis) is 1. The van der Waals surface area contributed by atoms with Gasteiger partial charge in [-0.3, -0.25) is 9.79 Å². The van der Waals surface area contributed by atoms with Crippen LogP contribution in [-0.2, 0) is 16.1 Å². The Bertz CT molecular complexity index is 807. The maximum Gasteiger partial charge on any atom is 0.407 e. The van der Waals surface area contributed by atoms with E-state index in [0.29, 0.717) is 19.5 Å². The Kier molecular flexibility index (Phi) is 9.60. The average Bonchev–Trinajstić information content (AvgIpc) is 3.16. The predicted molar refractivity (Wildman–Crippen MR) is 138 cm³/mol. The van der Waals surface area contributed by atoms with Gasteiger partial charge >= 0.3 is 6.09 Å². The minimum Gasteiger partial charge on any atom is -0.444 e. The van der Waals surface area contributed by atoms with Gasteiger partial charge in [-0.25, -0.2) is 4.79 Å². The molecule has 2 fully saturated rings. The van der Waals surface area contributed by atoms with E-state index < -0.39 is 5.60 Å². The number of hydrogen-bond donors (Lipinski definition) is 2. The third kappa shape index (κ3) is 7.53. The van der Waals surface area contributed by atoms with E-state index in [1.807, 2.05) is 49.9 Å². The standard InChI is InChI=1S/C23H35N5O3.HI/c1-23(2,3)31-22(30)26-18-12-14-27(16-18)21(24-4)25-15-17-8-10-19(11-9-17)28-13-6-5-7-20(28)29;/h8-11,18H,5-7,12-16H2,1-4H3,(H,24,25)(H,26,30);1H. The lowest BCUT2D eigenvalue weighted by atomic mass is 10.1. The third-order valence-electron chi connectivity index (χ3n) is 5.44. The number of halogens is 1. The lowest BCUT2D eigenvalue weighted by Gasteiger charge is -2.27. The second-order valence-electron chi connectivity index (χ2n) is 9.15. The quantitative estimate of drug-likeness (QED) is 0.337. The molecule has 1 unspecified atom stereocenters. The molecule has 2 N–H and O–H groups in total. The number of guanidine groups is 1. The number of rotatable bonds is 4. The smallest absolute Gasteiger partial charge is 0.407 e. The summed E-state index contributed by atoms with van der Waals surface area (Å²) < 4.78 is 5.35. The van der Waals surface area contributed by atoms with Gasteiger partial charge in [0.25, 0.3) is 0 Å². The Morgan fingerprint density at radius 1 is 1.19 bits per heavy atom. The van der Waals surface area contributed by atoms with Gasteiger partial charge in [0, 0.05) is 45.3 Å². The van der Waals surface area contributed by atoms with Gasteiger partial charge in [0.2, 0.25) is 5.91 Å². The molecular weight excluding hydrogens is 521 g/mol. The van der Waals surface area contributed by atoms with E-state index >= 15 is 0 Å². The molecule has 1 atom stereocenters. The molecule has 0 radical (unpaired) electrons. The molecule has 0 spiro atoms.